The highest BCUT2D eigenvalue weighted by molar-refractivity contribution is 5.82. The second-order valence-electron chi connectivity index (χ2n) is 4.75. The second kappa shape index (κ2) is 8.12. The molecule has 1 N–H and O–H groups in total. The molecule has 0 bridgehead atoms. The van der Waals surface area contributed by atoms with Gasteiger partial charge in [0.2, 0.25) is 5.91 Å². The molecule has 0 aromatic carbocycles. The zero-order chi connectivity index (χ0) is 14.3. The van der Waals surface area contributed by atoms with Gasteiger partial charge in [0.25, 0.3) is 0 Å². The van der Waals surface area contributed by atoms with E-state index >= 15 is 0 Å². The fraction of sp³-hybridized carbons (Fsp3) is 0.846. The van der Waals surface area contributed by atoms with Crippen LogP contribution in [0.1, 0.15) is 26.7 Å². The average molecular weight is 272 g/mol. The van der Waals surface area contributed by atoms with Crippen molar-refractivity contribution in [3.8, 4) is 0 Å². The topological polar surface area (TPSA) is 67.9 Å². The molecule has 1 saturated heterocycles. The molecule has 1 aliphatic rings. The number of nitrogens with one attached hydrogen (secondary N) is 1. The Morgan fingerprint density at radius 2 is 2.26 bits per heavy atom. The molecule has 1 fully saturated rings. The van der Waals surface area contributed by atoms with Gasteiger partial charge in [0.1, 0.15) is 6.04 Å². The third kappa shape index (κ3) is 4.80. The quantitative estimate of drug-likeness (QED) is 0.698. The summed E-state index contributed by atoms with van der Waals surface area (Å²) < 4.78 is 10.1. The van der Waals surface area contributed by atoms with Crippen LogP contribution >= 0.6 is 0 Å². The van der Waals surface area contributed by atoms with Crippen LogP contribution in [0.15, 0.2) is 0 Å². The molecule has 0 saturated carbocycles. The van der Waals surface area contributed by atoms with E-state index in [1.54, 1.807) is 0 Å². The second-order valence-corrected chi connectivity index (χ2v) is 4.75. The van der Waals surface area contributed by atoms with Crippen molar-refractivity contribution < 1.29 is 19.1 Å². The lowest BCUT2D eigenvalue weighted by molar-refractivity contribution is -0.145. The minimum atomic E-state index is -0.319. The molecule has 0 aromatic rings. The van der Waals surface area contributed by atoms with Crippen LogP contribution in [-0.2, 0) is 19.1 Å². The van der Waals surface area contributed by atoms with Gasteiger partial charge in [-0.05, 0) is 13.3 Å². The first-order valence-corrected chi connectivity index (χ1v) is 6.78. The molecular weight excluding hydrogens is 248 g/mol. The Labute approximate surface area is 114 Å². The Morgan fingerprint density at radius 1 is 1.53 bits per heavy atom. The molecule has 0 aromatic heterocycles. The van der Waals surface area contributed by atoms with E-state index in [-0.39, 0.29) is 30.4 Å². The normalized spacial score (nSPS) is 21.7. The molecule has 1 amide bonds. The van der Waals surface area contributed by atoms with Gasteiger partial charge in [0.05, 0.1) is 26.7 Å². The molecule has 0 radical (unpaired) electrons. The Balaban J connectivity index is 2.60. The van der Waals surface area contributed by atoms with Gasteiger partial charge in [-0.25, -0.2) is 0 Å². The minimum absolute atomic E-state index is 0.0294. The van der Waals surface area contributed by atoms with Crippen LogP contribution in [-0.4, -0.2) is 62.3 Å². The van der Waals surface area contributed by atoms with Crippen LogP contribution < -0.4 is 5.32 Å². The average Bonchev–Trinajstić information content (AvgIpc) is 2.44. The summed E-state index contributed by atoms with van der Waals surface area (Å²) in [5.41, 5.74) is 0. The van der Waals surface area contributed by atoms with Crippen molar-refractivity contribution in [3.63, 3.8) is 0 Å². The molecule has 1 heterocycles. The van der Waals surface area contributed by atoms with E-state index in [1.807, 2.05) is 18.7 Å². The van der Waals surface area contributed by atoms with E-state index in [1.165, 1.54) is 7.11 Å². The molecule has 0 aliphatic carbocycles. The van der Waals surface area contributed by atoms with E-state index in [2.05, 4.69) is 10.1 Å². The summed E-state index contributed by atoms with van der Waals surface area (Å²) in [6.45, 7) is 6.22. The number of amides is 1. The van der Waals surface area contributed by atoms with Crippen LogP contribution in [0.3, 0.4) is 0 Å². The highest BCUT2D eigenvalue weighted by Gasteiger charge is 2.33. The number of carbonyl (C=O) groups is 2. The van der Waals surface area contributed by atoms with E-state index < -0.39 is 0 Å². The van der Waals surface area contributed by atoms with Crippen LogP contribution in [0.25, 0.3) is 0 Å². The summed E-state index contributed by atoms with van der Waals surface area (Å²) >= 11 is 0. The maximum atomic E-state index is 12.1. The van der Waals surface area contributed by atoms with Gasteiger partial charge in [-0.3, -0.25) is 14.5 Å². The van der Waals surface area contributed by atoms with Crippen molar-refractivity contribution in [1.29, 1.82) is 0 Å². The van der Waals surface area contributed by atoms with E-state index in [0.29, 0.717) is 26.3 Å². The number of methoxy groups -OCH3 is 1. The maximum absolute atomic E-state index is 12.1. The zero-order valence-corrected chi connectivity index (χ0v) is 12.0. The van der Waals surface area contributed by atoms with E-state index in [9.17, 15) is 9.59 Å². The first-order valence-electron chi connectivity index (χ1n) is 6.78. The Hall–Kier alpha value is -1.14. The minimum Gasteiger partial charge on any atom is -0.469 e. The van der Waals surface area contributed by atoms with Gasteiger partial charge in [-0.2, -0.15) is 0 Å². The zero-order valence-electron chi connectivity index (χ0n) is 12.0. The van der Waals surface area contributed by atoms with Gasteiger partial charge >= 0.3 is 5.97 Å². The van der Waals surface area contributed by atoms with Crippen molar-refractivity contribution >= 4 is 11.9 Å². The number of ether oxygens (including phenoxy) is 2. The molecule has 2 atom stereocenters. The number of nitrogens with zero attached hydrogens (tertiary/aromatic N) is 1. The number of carbonyl (C=O) groups excluding carboxylic acids is 2. The molecule has 6 nitrogen and oxygen atoms in total. The number of hydrogen-bond acceptors (Lipinski definition) is 5. The van der Waals surface area contributed by atoms with Gasteiger partial charge in [-0.1, -0.05) is 6.92 Å². The van der Waals surface area contributed by atoms with Crippen molar-refractivity contribution in [2.24, 2.45) is 0 Å². The number of hydrogen-bond donors (Lipinski definition) is 1. The predicted octanol–water partition coefficient (Wildman–Crippen LogP) is 0.165. The van der Waals surface area contributed by atoms with Crippen molar-refractivity contribution in [1.82, 2.24) is 10.2 Å². The van der Waals surface area contributed by atoms with Gasteiger partial charge in [0, 0.05) is 19.1 Å². The molecule has 2 unspecified atom stereocenters. The lowest BCUT2D eigenvalue weighted by atomic mass is 10.1. The summed E-state index contributed by atoms with van der Waals surface area (Å²) in [6, 6.07) is -0.353. The van der Waals surface area contributed by atoms with Crippen LogP contribution in [0.2, 0.25) is 0 Å². The number of esters is 1. The molecular formula is C13H24N2O4. The van der Waals surface area contributed by atoms with E-state index in [4.69, 9.17) is 4.74 Å². The lowest BCUT2D eigenvalue weighted by Gasteiger charge is -2.38. The number of rotatable bonds is 6. The Bertz CT molecular complexity index is 309. The largest absolute Gasteiger partial charge is 0.469 e. The lowest BCUT2D eigenvalue weighted by Crippen LogP contribution is -2.57. The SMILES string of the molecule is CCCNC(=O)C1COCCN1C(C)CC(=O)OC. The Kier molecular flexibility index (Phi) is 6.80. The molecule has 1 rings (SSSR count). The predicted molar refractivity (Wildman–Crippen MR) is 70.7 cm³/mol. The molecule has 19 heavy (non-hydrogen) atoms. The summed E-state index contributed by atoms with van der Waals surface area (Å²) in [5.74, 6) is -0.287. The van der Waals surface area contributed by atoms with Gasteiger partial charge in [-0.15, -0.1) is 0 Å². The van der Waals surface area contributed by atoms with Crippen LogP contribution in [0, 0.1) is 0 Å². The molecule has 1 aliphatic heterocycles. The Morgan fingerprint density at radius 3 is 2.89 bits per heavy atom. The first-order chi connectivity index (χ1) is 9.10. The van der Waals surface area contributed by atoms with E-state index in [0.717, 1.165) is 6.42 Å². The van der Waals surface area contributed by atoms with Gasteiger partial charge < -0.3 is 14.8 Å². The molecule has 110 valence electrons. The fourth-order valence-corrected chi connectivity index (χ4v) is 2.18. The monoisotopic (exact) mass is 272 g/mol. The first kappa shape index (κ1) is 15.9. The fourth-order valence-electron chi connectivity index (χ4n) is 2.18. The third-order valence-electron chi connectivity index (χ3n) is 3.28. The summed E-state index contributed by atoms with van der Waals surface area (Å²) in [5, 5.41) is 2.88. The number of morpholine rings is 1. The van der Waals surface area contributed by atoms with Crippen LogP contribution in [0.4, 0.5) is 0 Å². The smallest absolute Gasteiger partial charge is 0.307 e. The molecule has 0 spiro atoms. The highest BCUT2D eigenvalue weighted by atomic mass is 16.5. The highest BCUT2D eigenvalue weighted by Crippen LogP contribution is 2.14. The van der Waals surface area contributed by atoms with Crippen molar-refractivity contribution in [2.75, 3.05) is 33.4 Å². The standard InChI is InChI=1S/C13H24N2O4/c1-4-5-14-13(17)11-9-19-7-6-15(11)10(2)8-12(16)18-3/h10-11H,4-9H2,1-3H3,(H,14,17). The summed E-state index contributed by atoms with van der Waals surface area (Å²) in [6.07, 6.45) is 1.19. The summed E-state index contributed by atoms with van der Waals surface area (Å²) in [7, 11) is 1.37. The van der Waals surface area contributed by atoms with Crippen molar-refractivity contribution in [2.45, 2.75) is 38.8 Å². The van der Waals surface area contributed by atoms with Crippen LogP contribution in [0.5, 0.6) is 0 Å². The third-order valence-corrected chi connectivity index (χ3v) is 3.28. The van der Waals surface area contributed by atoms with Gasteiger partial charge in [0.15, 0.2) is 0 Å². The summed E-state index contributed by atoms with van der Waals surface area (Å²) in [4.78, 5) is 25.4. The van der Waals surface area contributed by atoms with Crippen molar-refractivity contribution in [3.05, 3.63) is 0 Å². The maximum Gasteiger partial charge on any atom is 0.307 e. The molecule has 6 heteroatoms.